The van der Waals surface area contributed by atoms with Gasteiger partial charge in [-0.2, -0.15) is 0 Å². The highest BCUT2D eigenvalue weighted by Crippen LogP contribution is 2.57. The molecule has 0 unspecified atom stereocenters. The Morgan fingerprint density at radius 2 is 1.67 bits per heavy atom. The van der Waals surface area contributed by atoms with Crippen LogP contribution < -0.4 is 0 Å². The van der Waals surface area contributed by atoms with Crippen molar-refractivity contribution in [3.8, 4) is 0 Å². The molecule has 0 amide bonds. The van der Waals surface area contributed by atoms with Crippen molar-refractivity contribution in [1.29, 1.82) is 0 Å². The molecule has 0 saturated carbocycles. The summed E-state index contributed by atoms with van der Waals surface area (Å²) >= 11 is 0. The zero-order chi connectivity index (χ0) is 13.0. The van der Waals surface area contributed by atoms with Crippen LogP contribution >= 0.6 is 0 Å². The van der Waals surface area contributed by atoms with Crippen LogP contribution in [0, 0.1) is 0 Å². The quantitative estimate of drug-likeness (QED) is 0.751. The summed E-state index contributed by atoms with van der Waals surface area (Å²) in [6.07, 6.45) is 0. The summed E-state index contributed by atoms with van der Waals surface area (Å²) in [5, 5.41) is 0. The Labute approximate surface area is 108 Å². The fraction of sp³-hybridized carbons (Fsp3) is 0.533. The van der Waals surface area contributed by atoms with Gasteiger partial charge >= 0.3 is 0 Å². The Kier molecular flexibility index (Phi) is 2.18. The minimum Gasteiger partial charge on any atom is -0.476 e. The average Bonchev–Trinajstić information content (AvgIpc) is 2.72. The van der Waals surface area contributed by atoms with Crippen molar-refractivity contribution in [2.75, 3.05) is 6.61 Å². The van der Waals surface area contributed by atoms with E-state index in [9.17, 15) is 0 Å². The van der Waals surface area contributed by atoms with E-state index in [1.165, 1.54) is 5.56 Å². The van der Waals surface area contributed by atoms with Crippen molar-refractivity contribution in [2.24, 2.45) is 4.99 Å². The van der Waals surface area contributed by atoms with E-state index < -0.39 is 5.60 Å². The number of nitrogens with zero attached hydrogens (tertiary/aromatic N) is 1. The number of ether oxygens (including phenoxy) is 2. The summed E-state index contributed by atoms with van der Waals surface area (Å²) in [5.41, 5.74) is 0.279. The van der Waals surface area contributed by atoms with Crippen molar-refractivity contribution in [3.63, 3.8) is 0 Å². The van der Waals surface area contributed by atoms with E-state index in [-0.39, 0.29) is 11.1 Å². The minimum absolute atomic E-state index is 0.137. The van der Waals surface area contributed by atoms with Gasteiger partial charge in [0.1, 0.15) is 12.2 Å². The highest BCUT2D eigenvalue weighted by molar-refractivity contribution is 5.91. The Balaban J connectivity index is 1.93. The van der Waals surface area contributed by atoms with Crippen LogP contribution in [0.4, 0.5) is 0 Å². The first-order chi connectivity index (χ1) is 8.37. The molecule has 0 aliphatic carbocycles. The largest absolute Gasteiger partial charge is 0.476 e. The van der Waals surface area contributed by atoms with Crippen LogP contribution in [0.15, 0.2) is 35.3 Å². The second kappa shape index (κ2) is 3.35. The topological polar surface area (TPSA) is 34.1 Å². The molecule has 3 heteroatoms. The predicted octanol–water partition coefficient (Wildman–Crippen LogP) is 2.90. The molecule has 3 rings (SSSR count). The molecule has 0 aromatic heterocycles. The van der Waals surface area contributed by atoms with Crippen molar-refractivity contribution in [3.05, 3.63) is 35.9 Å². The van der Waals surface area contributed by atoms with Gasteiger partial charge in [0.05, 0.1) is 5.54 Å². The maximum atomic E-state index is 6.00. The fourth-order valence-corrected chi connectivity index (χ4v) is 2.55. The molecule has 1 saturated heterocycles. The van der Waals surface area contributed by atoms with E-state index in [0.29, 0.717) is 6.61 Å². The second-order valence-electron chi connectivity index (χ2n) is 6.05. The van der Waals surface area contributed by atoms with Gasteiger partial charge in [0.2, 0.25) is 5.90 Å². The third-order valence-corrected chi connectivity index (χ3v) is 3.98. The Morgan fingerprint density at radius 3 is 2.22 bits per heavy atom. The van der Waals surface area contributed by atoms with Crippen molar-refractivity contribution in [1.82, 2.24) is 0 Å². The summed E-state index contributed by atoms with van der Waals surface area (Å²) in [5.74, 6) is 0.735. The van der Waals surface area contributed by atoms with Crippen LogP contribution in [0.5, 0.6) is 0 Å². The van der Waals surface area contributed by atoms with E-state index in [4.69, 9.17) is 9.47 Å². The van der Waals surface area contributed by atoms with E-state index in [0.717, 1.165) is 5.90 Å². The third-order valence-electron chi connectivity index (χ3n) is 3.98. The molecule has 0 bridgehead atoms. The molecule has 2 aliphatic rings. The van der Waals surface area contributed by atoms with Crippen LogP contribution in [0.1, 0.15) is 33.3 Å². The monoisotopic (exact) mass is 245 g/mol. The molecule has 0 radical (unpaired) electrons. The van der Waals surface area contributed by atoms with Gasteiger partial charge in [-0.15, -0.1) is 0 Å². The van der Waals surface area contributed by atoms with Crippen LogP contribution in [-0.4, -0.2) is 23.6 Å². The van der Waals surface area contributed by atoms with Crippen LogP contribution in [-0.2, 0) is 15.1 Å². The first kappa shape index (κ1) is 11.7. The molecule has 1 aromatic rings. The molecule has 96 valence electrons. The molecular formula is C15H19NO2. The predicted molar refractivity (Wildman–Crippen MR) is 70.8 cm³/mol. The standard InChI is InChI=1S/C15H19NO2/c1-13(2)10-17-12(16-13)15(4)14(3,18-15)11-8-6-5-7-9-11/h5-9H,10H2,1-4H3/t14-,15-/m0/s1. The van der Waals surface area contributed by atoms with Crippen molar-refractivity contribution >= 4 is 5.90 Å². The van der Waals surface area contributed by atoms with Crippen LogP contribution in [0.2, 0.25) is 0 Å². The Hall–Kier alpha value is -1.35. The number of hydrogen-bond donors (Lipinski definition) is 0. The number of benzene rings is 1. The van der Waals surface area contributed by atoms with Gasteiger partial charge in [-0.25, -0.2) is 4.99 Å². The molecule has 2 heterocycles. The fourth-order valence-electron chi connectivity index (χ4n) is 2.55. The summed E-state index contributed by atoms with van der Waals surface area (Å²) in [7, 11) is 0. The second-order valence-corrected chi connectivity index (χ2v) is 6.05. The zero-order valence-corrected chi connectivity index (χ0v) is 11.4. The van der Waals surface area contributed by atoms with E-state index >= 15 is 0 Å². The lowest BCUT2D eigenvalue weighted by atomic mass is 9.89. The third kappa shape index (κ3) is 1.50. The minimum atomic E-state index is -0.428. The number of aliphatic imine (C=N–C) groups is 1. The zero-order valence-electron chi connectivity index (χ0n) is 11.4. The SMILES string of the molecule is CC1(C)COC([C@]2(C)O[C@@]2(C)c2ccccc2)=N1. The first-order valence-electron chi connectivity index (χ1n) is 6.36. The lowest BCUT2D eigenvalue weighted by Crippen LogP contribution is -2.28. The Bertz CT molecular complexity index is 508. The molecule has 2 atom stereocenters. The lowest BCUT2D eigenvalue weighted by molar-refractivity contribution is 0.247. The van der Waals surface area contributed by atoms with E-state index in [1.54, 1.807) is 0 Å². The smallest absolute Gasteiger partial charge is 0.220 e. The van der Waals surface area contributed by atoms with Gasteiger partial charge in [0, 0.05) is 0 Å². The average molecular weight is 245 g/mol. The van der Waals surface area contributed by atoms with Crippen LogP contribution in [0.3, 0.4) is 0 Å². The molecule has 0 N–H and O–H groups in total. The van der Waals surface area contributed by atoms with Crippen LogP contribution in [0.25, 0.3) is 0 Å². The van der Waals surface area contributed by atoms with E-state index in [1.807, 2.05) is 18.2 Å². The maximum absolute atomic E-state index is 6.00. The van der Waals surface area contributed by atoms with Gasteiger partial charge in [0.25, 0.3) is 0 Å². The molecule has 3 nitrogen and oxygen atoms in total. The molecule has 18 heavy (non-hydrogen) atoms. The van der Waals surface area contributed by atoms with Gasteiger partial charge < -0.3 is 9.47 Å². The maximum Gasteiger partial charge on any atom is 0.220 e. The number of hydrogen-bond acceptors (Lipinski definition) is 3. The molecular weight excluding hydrogens is 226 g/mol. The molecule has 1 aromatic carbocycles. The van der Waals surface area contributed by atoms with Gasteiger partial charge in [-0.3, -0.25) is 0 Å². The van der Waals surface area contributed by atoms with E-state index in [2.05, 4.69) is 44.8 Å². The first-order valence-corrected chi connectivity index (χ1v) is 6.36. The lowest BCUT2D eigenvalue weighted by Gasteiger charge is -2.12. The molecule has 0 spiro atoms. The molecule has 1 fully saturated rings. The van der Waals surface area contributed by atoms with Crippen molar-refractivity contribution < 1.29 is 9.47 Å². The van der Waals surface area contributed by atoms with Gasteiger partial charge in [-0.05, 0) is 33.3 Å². The summed E-state index contributed by atoms with van der Waals surface area (Å²) in [4.78, 5) is 4.64. The van der Waals surface area contributed by atoms with Gasteiger partial charge in [-0.1, -0.05) is 30.3 Å². The highest BCUT2D eigenvalue weighted by atomic mass is 16.7. The summed E-state index contributed by atoms with van der Waals surface area (Å²) < 4.78 is 11.7. The highest BCUT2D eigenvalue weighted by Gasteiger charge is 2.70. The summed E-state index contributed by atoms with van der Waals surface area (Å²) in [6, 6.07) is 10.3. The normalized spacial score (nSPS) is 37.0. The Morgan fingerprint density at radius 1 is 1.00 bits per heavy atom. The summed E-state index contributed by atoms with van der Waals surface area (Å²) in [6.45, 7) is 8.93. The van der Waals surface area contributed by atoms with Crippen molar-refractivity contribution in [2.45, 2.75) is 44.4 Å². The van der Waals surface area contributed by atoms with Gasteiger partial charge in [0.15, 0.2) is 5.60 Å². The number of epoxide rings is 1. The molecule has 2 aliphatic heterocycles. The number of rotatable bonds is 2.